The largest absolute Gasteiger partial charge is 0.496 e. The van der Waals surface area contributed by atoms with Gasteiger partial charge in [0.05, 0.1) is 14.2 Å². The summed E-state index contributed by atoms with van der Waals surface area (Å²) in [5.74, 6) is 1.12. The second kappa shape index (κ2) is 12.3. The number of aryl methyl sites for hydroxylation is 1. The summed E-state index contributed by atoms with van der Waals surface area (Å²) in [7, 11) is 4.62. The number of guanidine groups is 1. The smallest absolute Gasteiger partial charge is 0.341 e. The molecule has 6 nitrogen and oxygen atoms in total. The van der Waals surface area contributed by atoms with Crippen LogP contribution in [0.1, 0.15) is 39.9 Å². The normalized spacial score (nSPS) is 11.8. The van der Waals surface area contributed by atoms with Gasteiger partial charge in [0.15, 0.2) is 5.96 Å². The van der Waals surface area contributed by atoms with Crippen LogP contribution >= 0.6 is 24.0 Å². The highest BCUT2D eigenvalue weighted by Crippen LogP contribution is 2.20. The molecular weight excluding hydrogens is 481 g/mol. The molecule has 1 unspecified atom stereocenters. The summed E-state index contributed by atoms with van der Waals surface area (Å²) in [5, 5.41) is 6.62. The number of nitrogens with one attached hydrogen (secondary N) is 2. The topological polar surface area (TPSA) is 72.0 Å². The maximum Gasteiger partial charge on any atom is 0.341 e. The third kappa shape index (κ3) is 7.23. The van der Waals surface area contributed by atoms with Crippen LogP contribution in [0, 0.1) is 6.92 Å². The van der Waals surface area contributed by atoms with Crippen LogP contribution in [0.2, 0.25) is 0 Å². The van der Waals surface area contributed by atoms with Crippen molar-refractivity contribution in [1.82, 2.24) is 10.6 Å². The highest BCUT2D eigenvalue weighted by molar-refractivity contribution is 14.0. The molecule has 29 heavy (non-hydrogen) atoms. The summed E-state index contributed by atoms with van der Waals surface area (Å²) in [6.07, 6.45) is 0. The van der Waals surface area contributed by atoms with Gasteiger partial charge in [0.2, 0.25) is 0 Å². The number of esters is 1. The van der Waals surface area contributed by atoms with Crippen LogP contribution < -0.4 is 15.4 Å². The first-order chi connectivity index (χ1) is 13.5. The number of hydrogen-bond donors (Lipinski definition) is 2. The van der Waals surface area contributed by atoms with Gasteiger partial charge < -0.3 is 20.1 Å². The molecule has 2 aromatic carbocycles. The fourth-order valence-electron chi connectivity index (χ4n) is 2.80. The van der Waals surface area contributed by atoms with Crippen molar-refractivity contribution in [2.24, 2.45) is 4.99 Å². The summed E-state index contributed by atoms with van der Waals surface area (Å²) < 4.78 is 10.0. The first-order valence-electron chi connectivity index (χ1n) is 9.24. The Hall–Kier alpha value is -2.29. The van der Waals surface area contributed by atoms with Gasteiger partial charge in [0.25, 0.3) is 0 Å². The number of halogens is 1. The monoisotopic (exact) mass is 511 g/mol. The maximum atomic E-state index is 11.9. The van der Waals surface area contributed by atoms with Crippen molar-refractivity contribution in [3.05, 3.63) is 64.7 Å². The Balaban J connectivity index is 0.00000420. The first kappa shape index (κ1) is 24.7. The van der Waals surface area contributed by atoms with E-state index in [1.807, 2.05) is 6.07 Å². The molecule has 158 valence electrons. The predicted molar refractivity (Wildman–Crippen MR) is 128 cm³/mol. The van der Waals surface area contributed by atoms with Crippen LogP contribution in [-0.4, -0.2) is 39.7 Å². The van der Waals surface area contributed by atoms with E-state index in [9.17, 15) is 4.79 Å². The van der Waals surface area contributed by atoms with Crippen molar-refractivity contribution in [3.8, 4) is 5.75 Å². The molecule has 1 atom stereocenters. The molecule has 0 amide bonds. The molecule has 0 saturated carbocycles. The zero-order valence-corrected chi connectivity index (χ0v) is 19.9. The van der Waals surface area contributed by atoms with Crippen LogP contribution in [0.25, 0.3) is 0 Å². The second-order valence-electron chi connectivity index (χ2n) is 6.64. The van der Waals surface area contributed by atoms with Gasteiger partial charge in [-0.25, -0.2) is 4.79 Å². The number of carbonyl (C=O) groups excluding carboxylic acids is 1. The van der Waals surface area contributed by atoms with E-state index in [-0.39, 0.29) is 24.0 Å². The standard InChI is InChI=1S/C22H29N3O3.HI/c1-15-6-9-18(10-7-15)16(2)13-24-22(23-3)25-14-17-8-11-20(27-4)19(12-17)21(26)28-5;/h6-12,16H,13-14H2,1-5H3,(H2,23,24,25);1H. The van der Waals surface area contributed by atoms with Crippen molar-refractivity contribution in [3.63, 3.8) is 0 Å². The minimum absolute atomic E-state index is 0. The third-order valence-electron chi connectivity index (χ3n) is 4.57. The Labute approximate surface area is 190 Å². The maximum absolute atomic E-state index is 11.9. The minimum Gasteiger partial charge on any atom is -0.496 e. The van der Waals surface area contributed by atoms with E-state index in [0.717, 1.165) is 12.1 Å². The number of ether oxygens (including phenoxy) is 2. The van der Waals surface area contributed by atoms with Crippen molar-refractivity contribution < 1.29 is 14.3 Å². The van der Waals surface area contributed by atoms with E-state index < -0.39 is 5.97 Å². The van der Waals surface area contributed by atoms with Crippen LogP contribution in [0.4, 0.5) is 0 Å². The highest BCUT2D eigenvalue weighted by atomic mass is 127. The van der Waals surface area contributed by atoms with Crippen LogP contribution in [0.15, 0.2) is 47.5 Å². The zero-order valence-electron chi connectivity index (χ0n) is 17.6. The number of methoxy groups -OCH3 is 2. The van der Waals surface area contributed by atoms with E-state index in [0.29, 0.717) is 29.7 Å². The van der Waals surface area contributed by atoms with Crippen molar-refractivity contribution in [2.45, 2.75) is 26.3 Å². The van der Waals surface area contributed by atoms with Gasteiger partial charge in [0.1, 0.15) is 11.3 Å². The fraction of sp³-hybridized carbons (Fsp3) is 0.364. The molecule has 0 heterocycles. The Bertz CT molecular complexity index is 823. The lowest BCUT2D eigenvalue weighted by Crippen LogP contribution is -2.38. The fourth-order valence-corrected chi connectivity index (χ4v) is 2.80. The number of hydrogen-bond acceptors (Lipinski definition) is 4. The molecular formula is C22H30IN3O3. The average molecular weight is 511 g/mol. The Morgan fingerprint density at radius 2 is 1.79 bits per heavy atom. The molecule has 0 aliphatic heterocycles. The molecule has 2 N–H and O–H groups in total. The van der Waals surface area contributed by atoms with Gasteiger partial charge in [-0.1, -0.05) is 42.8 Å². The minimum atomic E-state index is -0.423. The molecule has 0 radical (unpaired) electrons. The molecule has 0 aliphatic rings. The van der Waals surface area contributed by atoms with Gasteiger partial charge in [-0.3, -0.25) is 4.99 Å². The van der Waals surface area contributed by atoms with Crippen molar-refractivity contribution in [1.29, 1.82) is 0 Å². The lowest BCUT2D eigenvalue weighted by Gasteiger charge is -2.17. The van der Waals surface area contributed by atoms with Gasteiger partial charge in [-0.2, -0.15) is 0 Å². The number of aliphatic imine (C=N–C) groups is 1. The van der Waals surface area contributed by atoms with E-state index >= 15 is 0 Å². The molecule has 0 aromatic heterocycles. The number of carbonyl (C=O) groups is 1. The zero-order chi connectivity index (χ0) is 20.5. The quantitative estimate of drug-likeness (QED) is 0.256. The average Bonchev–Trinajstić information content (AvgIpc) is 2.73. The summed E-state index contributed by atoms with van der Waals surface area (Å²) in [5.41, 5.74) is 3.87. The second-order valence-corrected chi connectivity index (χ2v) is 6.64. The highest BCUT2D eigenvalue weighted by Gasteiger charge is 2.13. The Morgan fingerprint density at radius 3 is 2.38 bits per heavy atom. The molecule has 0 saturated heterocycles. The van der Waals surface area contributed by atoms with Gasteiger partial charge in [0, 0.05) is 20.1 Å². The summed E-state index contributed by atoms with van der Waals surface area (Å²) in [6, 6.07) is 14.0. The lowest BCUT2D eigenvalue weighted by molar-refractivity contribution is 0.0597. The van der Waals surface area contributed by atoms with E-state index in [1.54, 1.807) is 19.2 Å². The summed E-state index contributed by atoms with van der Waals surface area (Å²) >= 11 is 0. The van der Waals surface area contributed by atoms with Gasteiger partial charge >= 0.3 is 5.97 Å². The molecule has 2 rings (SSSR count). The van der Waals surface area contributed by atoms with Gasteiger partial charge in [-0.05, 0) is 36.1 Å². The van der Waals surface area contributed by atoms with E-state index in [1.165, 1.54) is 25.3 Å². The number of nitrogens with zero attached hydrogens (tertiary/aromatic N) is 1. The predicted octanol–water partition coefficient (Wildman–Crippen LogP) is 3.88. The van der Waals surface area contributed by atoms with Crippen LogP contribution in [0.5, 0.6) is 5.75 Å². The molecule has 0 spiro atoms. The van der Waals surface area contributed by atoms with E-state index in [4.69, 9.17) is 9.47 Å². The lowest BCUT2D eigenvalue weighted by atomic mass is 10.0. The molecule has 0 bridgehead atoms. The molecule has 0 fully saturated rings. The van der Waals surface area contributed by atoms with E-state index in [2.05, 4.69) is 53.7 Å². The Morgan fingerprint density at radius 1 is 1.10 bits per heavy atom. The summed E-state index contributed by atoms with van der Waals surface area (Å²) in [6.45, 7) is 5.55. The summed E-state index contributed by atoms with van der Waals surface area (Å²) in [4.78, 5) is 16.2. The molecule has 0 aliphatic carbocycles. The van der Waals surface area contributed by atoms with Crippen molar-refractivity contribution in [2.75, 3.05) is 27.8 Å². The van der Waals surface area contributed by atoms with Crippen molar-refractivity contribution >= 4 is 35.9 Å². The SMILES string of the molecule is CN=C(NCc1ccc(OC)c(C(=O)OC)c1)NCC(C)c1ccc(C)cc1.I. The van der Waals surface area contributed by atoms with Crippen LogP contribution in [0.3, 0.4) is 0 Å². The molecule has 7 heteroatoms. The Kier molecular flexibility index (Phi) is 10.5. The number of benzene rings is 2. The third-order valence-corrected chi connectivity index (χ3v) is 4.57. The first-order valence-corrected chi connectivity index (χ1v) is 9.24. The van der Waals surface area contributed by atoms with Gasteiger partial charge in [-0.15, -0.1) is 24.0 Å². The molecule has 2 aromatic rings. The van der Waals surface area contributed by atoms with Crippen LogP contribution in [-0.2, 0) is 11.3 Å². The number of rotatable bonds is 7.